The summed E-state index contributed by atoms with van der Waals surface area (Å²) in [5, 5.41) is 0.605. The number of rotatable bonds is 6. The number of sulfonamides is 1. The van der Waals surface area contributed by atoms with Crippen molar-refractivity contribution in [3.63, 3.8) is 0 Å². The topological polar surface area (TPSA) is 71.7 Å². The van der Waals surface area contributed by atoms with Crippen molar-refractivity contribution in [2.75, 3.05) is 10.8 Å². The van der Waals surface area contributed by atoms with Gasteiger partial charge in [-0.1, -0.05) is 47.2 Å². The van der Waals surface area contributed by atoms with Crippen molar-refractivity contribution in [1.82, 2.24) is 4.57 Å². The Morgan fingerprint density at radius 1 is 1.00 bits per heavy atom. The summed E-state index contributed by atoms with van der Waals surface area (Å²) >= 11 is 7.73. The van der Waals surface area contributed by atoms with Crippen molar-refractivity contribution in [3.05, 3.63) is 88.2 Å². The zero-order valence-corrected chi connectivity index (χ0v) is 20.5. The Labute approximate surface area is 201 Å². The van der Waals surface area contributed by atoms with Gasteiger partial charge >= 0.3 is 0 Å². The molecule has 0 aliphatic heterocycles. The largest absolute Gasteiger partial charge is 0.315 e. The first-order valence-corrected chi connectivity index (χ1v) is 13.0. The number of nitrogens with zero attached hydrogens (tertiary/aromatic N) is 3. The summed E-state index contributed by atoms with van der Waals surface area (Å²) in [6, 6.07) is 20.4. The molecule has 0 N–H and O–H groups in total. The van der Waals surface area contributed by atoms with Crippen LogP contribution in [0.1, 0.15) is 24.2 Å². The molecule has 0 saturated carbocycles. The summed E-state index contributed by atoms with van der Waals surface area (Å²) < 4.78 is 30.5. The van der Waals surface area contributed by atoms with Gasteiger partial charge in [-0.2, -0.15) is 4.99 Å². The maximum Gasteiger partial charge on any atom is 0.279 e. The summed E-state index contributed by atoms with van der Waals surface area (Å²) in [6.07, 6.45) is 0. The van der Waals surface area contributed by atoms with E-state index in [0.717, 1.165) is 10.2 Å². The smallest absolute Gasteiger partial charge is 0.279 e. The Hall–Kier alpha value is -2.94. The van der Waals surface area contributed by atoms with Crippen LogP contribution in [0.2, 0.25) is 5.02 Å². The summed E-state index contributed by atoms with van der Waals surface area (Å²) in [7, 11) is -3.76. The predicted octanol–water partition coefficient (Wildman–Crippen LogP) is 5.33. The molecule has 0 spiro atoms. The Kier molecular flexibility index (Phi) is 6.69. The second-order valence-electron chi connectivity index (χ2n) is 7.16. The molecule has 0 aliphatic rings. The number of hydrogen-bond donors (Lipinski definition) is 0. The van der Waals surface area contributed by atoms with Gasteiger partial charge in [0.05, 0.1) is 25.8 Å². The van der Waals surface area contributed by atoms with E-state index in [0.29, 0.717) is 27.6 Å². The monoisotopic (exact) mass is 499 g/mol. The lowest BCUT2D eigenvalue weighted by Gasteiger charge is -2.22. The zero-order chi connectivity index (χ0) is 23.6. The molecule has 0 unspecified atom stereocenters. The molecule has 0 fully saturated rings. The van der Waals surface area contributed by atoms with E-state index in [1.54, 1.807) is 31.2 Å². The number of benzene rings is 3. The standard InChI is InChI=1S/C24H22ClN3O3S2/c1-3-27-22-20(25)11-8-12-21(22)32-24(27)26-23(29)17-13-15-19(16-14-17)33(30,31)28(4-2)18-9-6-5-7-10-18/h5-16H,3-4H2,1-2H3. The van der Waals surface area contributed by atoms with Crippen LogP contribution in [0.3, 0.4) is 0 Å². The van der Waals surface area contributed by atoms with Crippen molar-refractivity contribution in [3.8, 4) is 0 Å². The van der Waals surface area contributed by atoms with Crippen molar-refractivity contribution >= 4 is 54.8 Å². The molecule has 0 saturated heterocycles. The third-order valence-corrected chi connectivity index (χ3v) is 8.45. The van der Waals surface area contributed by atoms with Crippen LogP contribution >= 0.6 is 22.9 Å². The molecule has 0 bridgehead atoms. The molecular formula is C24H22ClN3O3S2. The number of anilines is 1. The number of carbonyl (C=O) groups excluding carboxylic acids is 1. The molecule has 4 aromatic rings. The summed E-state index contributed by atoms with van der Waals surface area (Å²) in [4.78, 5) is 17.8. The number of para-hydroxylation sites is 2. The average Bonchev–Trinajstić information content (AvgIpc) is 3.18. The van der Waals surface area contributed by atoms with Gasteiger partial charge in [-0.05, 0) is 62.4 Å². The van der Waals surface area contributed by atoms with E-state index >= 15 is 0 Å². The maximum absolute atomic E-state index is 13.2. The number of fused-ring (bicyclic) bond motifs is 1. The fourth-order valence-electron chi connectivity index (χ4n) is 3.60. The fraction of sp³-hybridized carbons (Fsp3) is 0.167. The number of amides is 1. The van der Waals surface area contributed by atoms with Crippen LogP contribution in [0.25, 0.3) is 10.2 Å². The minimum absolute atomic E-state index is 0.113. The van der Waals surface area contributed by atoms with E-state index in [-0.39, 0.29) is 11.4 Å². The van der Waals surface area contributed by atoms with Gasteiger partial charge in [-0.3, -0.25) is 9.10 Å². The quantitative estimate of drug-likeness (QED) is 0.360. The van der Waals surface area contributed by atoms with Crippen molar-refractivity contribution in [1.29, 1.82) is 0 Å². The highest BCUT2D eigenvalue weighted by molar-refractivity contribution is 7.92. The maximum atomic E-state index is 13.2. The molecule has 33 heavy (non-hydrogen) atoms. The molecule has 0 aliphatic carbocycles. The van der Waals surface area contributed by atoms with E-state index in [4.69, 9.17) is 11.6 Å². The van der Waals surface area contributed by atoms with Crippen LogP contribution in [0.4, 0.5) is 5.69 Å². The lowest BCUT2D eigenvalue weighted by molar-refractivity contribution is 0.0997. The van der Waals surface area contributed by atoms with Crippen LogP contribution in [0.5, 0.6) is 0 Å². The van der Waals surface area contributed by atoms with E-state index in [9.17, 15) is 13.2 Å². The zero-order valence-electron chi connectivity index (χ0n) is 18.1. The molecule has 1 heterocycles. The van der Waals surface area contributed by atoms with Gasteiger partial charge in [0.25, 0.3) is 15.9 Å². The first kappa shape index (κ1) is 23.2. The van der Waals surface area contributed by atoms with Gasteiger partial charge in [0.1, 0.15) is 0 Å². The number of hydrogen-bond acceptors (Lipinski definition) is 4. The Morgan fingerprint density at radius 3 is 2.33 bits per heavy atom. The first-order valence-electron chi connectivity index (χ1n) is 10.4. The highest BCUT2D eigenvalue weighted by Crippen LogP contribution is 2.26. The fourth-order valence-corrected chi connectivity index (χ4v) is 6.52. The number of aromatic nitrogens is 1. The summed E-state index contributed by atoms with van der Waals surface area (Å²) in [5.74, 6) is -0.445. The second kappa shape index (κ2) is 9.51. The molecule has 6 nitrogen and oxygen atoms in total. The normalized spacial score (nSPS) is 12.3. The average molecular weight is 500 g/mol. The van der Waals surface area contributed by atoms with Crippen LogP contribution in [0, 0.1) is 0 Å². The van der Waals surface area contributed by atoms with Gasteiger partial charge in [0, 0.05) is 18.7 Å². The van der Waals surface area contributed by atoms with E-state index in [2.05, 4.69) is 4.99 Å². The predicted molar refractivity (Wildman–Crippen MR) is 133 cm³/mol. The second-order valence-corrected chi connectivity index (χ2v) is 10.4. The molecular weight excluding hydrogens is 478 g/mol. The molecule has 170 valence electrons. The van der Waals surface area contributed by atoms with Gasteiger partial charge in [-0.25, -0.2) is 8.42 Å². The van der Waals surface area contributed by atoms with Gasteiger partial charge in [0.15, 0.2) is 4.80 Å². The van der Waals surface area contributed by atoms with Gasteiger partial charge < -0.3 is 4.57 Å². The molecule has 3 aromatic carbocycles. The SMILES string of the molecule is CCN(c1ccccc1)S(=O)(=O)c1ccc(C(=O)N=c2sc3cccc(Cl)c3n2CC)cc1. The van der Waals surface area contributed by atoms with E-state index in [1.165, 1.54) is 39.9 Å². The van der Waals surface area contributed by atoms with Gasteiger partial charge in [-0.15, -0.1) is 0 Å². The highest BCUT2D eigenvalue weighted by Gasteiger charge is 2.23. The van der Waals surface area contributed by atoms with Crippen LogP contribution in [-0.2, 0) is 16.6 Å². The highest BCUT2D eigenvalue weighted by atomic mass is 35.5. The van der Waals surface area contributed by atoms with Crippen LogP contribution < -0.4 is 9.11 Å². The van der Waals surface area contributed by atoms with Crippen molar-refractivity contribution in [2.45, 2.75) is 25.3 Å². The van der Waals surface area contributed by atoms with Crippen LogP contribution in [0.15, 0.2) is 82.7 Å². The number of thiazole rings is 1. The number of halogens is 1. The van der Waals surface area contributed by atoms with E-state index < -0.39 is 15.9 Å². The summed E-state index contributed by atoms with van der Waals surface area (Å²) in [5.41, 5.74) is 1.74. The summed E-state index contributed by atoms with van der Waals surface area (Å²) in [6.45, 7) is 4.64. The molecule has 1 amide bonds. The van der Waals surface area contributed by atoms with Crippen molar-refractivity contribution in [2.24, 2.45) is 4.99 Å². The lowest BCUT2D eigenvalue weighted by Crippen LogP contribution is -2.30. The molecule has 0 radical (unpaired) electrons. The van der Waals surface area contributed by atoms with Gasteiger partial charge in [0.2, 0.25) is 0 Å². The van der Waals surface area contributed by atoms with E-state index in [1.807, 2.05) is 35.8 Å². The molecule has 1 aromatic heterocycles. The lowest BCUT2D eigenvalue weighted by atomic mass is 10.2. The third kappa shape index (κ3) is 4.46. The minimum Gasteiger partial charge on any atom is -0.315 e. The first-order chi connectivity index (χ1) is 15.9. The van der Waals surface area contributed by atoms with Crippen LogP contribution in [-0.4, -0.2) is 25.4 Å². The molecule has 4 rings (SSSR count). The van der Waals surface area contributed by atoms with Crippen molar-refractivity contribution < 1.29 is 13.2 Å². The molecule has 9 heteroatoms. The Balaban J connectivity index is 1.67. The number of aryl methyl sites for hydroxylation is 1. The Morgan fingerprint density at radius 2 is 1.70 bits per heavy atom. The molecule has 0 atom stereocenters. The Bertz CT molecular complexity index is 1480. The number of carbonyl (C=O) groups is 1. The minimum atomic E-state index is -3.76. The third-order valence-electron chi connectivity index (χ3n) is 5.19.